The lowest BCUT2D eigenvalue weighted by Gasteiger charge is -2.20. The van der Waals surface area contributed by atoms with Crippen molar-refractivity contribution in [3.8, 4) is 5.75 Å². The van der Waals surface area contributed by atoms with Crippen LogP contribution < -0.4 is 0 Å². The van der Waals surface area contributed by atoms with E-state index in [1.54, 1.807) is 12.1 Å². The van der Waals surface area contributed by atoms with Gasteiger partial charge in [0.25, 0.3) is 0 Å². The van der Waals surface area contributed by atoms with E-state index in [0.29, 0.717) is 12.0 Å². The SMILES string of the molecule is CC(C)(C)CCC(O)c1ccc(O)c(CO)c1. The van der Waals surface area contributed by atoms with E-state index in [9.17, 15) is 10.2 Å². The summed E-state index contributed by atoms with van der Waals surface area (Å²) in [6.07, 6.45) is 1.06. The summed E-state index contributed by atoms with van der Waals surface area (Å²) in [6, 6.07) is 4.87. The molecular formula is C14H22O3. The van der Waals surface area contributed by atoms with E-state index in [2.05, 4.69) is 20.8 Å². The van der Waals surface area contributed by atoms with E-state index in [0.717, 1.165) is 12.0 Å². The van der Waals surface area contributed by atoms with Crippen molar-refractivity contribution in [1.29, 1.82) is 0 Å². The van der Waals surface area contributed by atoms with Gasteiger partial charge < -0.3 is 15.3 Å². The molecule has 17 heavy (non-hydrogen) atoms. The third kappa shape index (κ3) is 4.36. The molecule has 0 bridgehead atoms. The number of hydrogen-bond acceptors (Lipinski definition) is 3. The molecule has 1 aromatic rings. The molecule has 0 saturated heterocycles. The van der Waals surface area contributed by atoms with Crippen LogP contribution in [0.2, 0.25) is 0 Å². The van der Waals surface area contributed by atoms with Gasteiger partial charge in [0, 0.05) is 5.56 Å². The van der Waals surface area contributed by atoms with E-state index < -0.39 is 6.10 Å². The maximum atomic E-state index is 10.0. The number of phenols is 1. The highest BCUT2D eigenvalue weighted by atomic mass is 16.3. The summed E-state index contributed by atoms with van der Waals surface area (Å²) in [6.45, 7) is 6.19. The van der Waals surface area contributed by atoms with E-state index in [-0.39, 0.29) is 17.8 Å². The Bertz CT molecular complexity index is 366. The number of hydrogen-bond donors (Lipinski definition) is 3. The minimum absolute atomic E-state index is 0.0688. The second kappa shape index (κ2) is 5.52. The Morgan fingerprint density at radius 2 is 1.88 bits per heavy atom. The minimum Gasteiger partial charge on any atom is -0.508 e. The fourth-order valence-corrected chi connectivity index (χ4v) is 1.68. The maximum absolute atomic E-state index is 10.0. The standard InChI is InChI=1S/C14H22O3/c1-14(2,3)7-6-13(17)10-4-5-12(16)11(8-10)9-15/h4-5,8,13,15-17H,6-7,9H2,1-3H3. The summed E-state index contributed by atoms with van der Waals surface area (Å²) in [5, 5.41) is 28.5. The summed E-state index contributed by atoms with van der Waals surface area (Å²) in [7, 11) is 0. The Kier molecular flexibility index (Phi) is 4.54. The van der Waals surface area contributed by atoms with Crippen LogP contribution in [0.15, 0.2) is 18.2 Å². The van der Waals surface area contributed by atoms with Crippen molar-refractivity contribution in [3.05, 3.63) is 29.3 Å². The van der Waals surface area contributed by atoms with Crippen LogP contribution in [-0.4, -0.2) is 15.3 Å². The van der Waals surface area contributed by atoms with Crippen LogP contribution in [0.4, 0.5) is 0 Å². The van der Waals surface area contributed by atoms with Gasteiger partial charge in [-0.25, -0.2) is 0 Å². The fourth-order valence-electron chi connectivity index (χ4n) is 1.68. The molecule has 96 valence electrons. The average Bonchev–Trinajstić information content (AvgIpc) is 2.25. The molecule has 0 spiro atoms. The van der Waals surface area contributed by atoms with E-state index in [4.69, 9.17) is 5.11 Å². The van der Waals surface area contributed by atoms with Crippen LogP contribution in [0.3, 0.4) is 0 Å². The van der Waals surface area contributed by atoms with Crippen molar-refractivity contribution < 1.29 is 15.3 Å². The molecule has 1 unspecified atom stereocenters. The zero-order chi connectivity index (χ0) is 13.1. The molecule has 0 aliphatic heterocycles. The Labute approximate surface area is 103 Å². The van der Waals surface area contributed by atoms with Gasteiger partial charge in [0.05, 0.1) is 12.7 Å². The predicted molar refractivity (Wildman–Crippen MR) is 67.7 cm³/mol. The molecule has 0 aliphatic carbocycles. The quantitative estimate of drug-likeness (QED) is 0.756. The Morgan fingerprint density at radius 1 is 1.24 bits per heavy atom. The number of rotatable bonds is 4. The van der Waals surface area contributed by atoms with Gasteiger partial charge in [-0.05, 0) is 36.0 Å². The Balaban J connectivity index is 2.72. The monoisotopic (exact) mass is 238 g/mol. The largest absolute Gasteiger partial charge is 0.508 e. The van der Waals surface area contributed by atoms with Crippen LogP contribution >= 0.6 is 0 Å². The second-order valence-corrected chi connectivity index (χ2v) is 5.66. The number of aromatic hydroxyl groups is 1. The number of aliphatic hydroxyl groups excluding tert-OH is 2. The summed E-state index contributed by atoms with van der Waals surface area (Å²) >= 11 is 0. The second-order valence-electron chi connectivity index (χ2n) is 5.66. The molecule has 3 N–H and O–H groups in total. The van der Waals surface area contributed by atoms with E-state index >= 15 is 0 Å². The zero-order valence-electron chi connectivity index (χ0n) is 10.8. The molecule has 0 fully saturated rings. The molecule has 3 heteroatoms. The summed E-state index contributed by atoms with van der Waals surface area (Å²) in [4.78, 5) is 0. The molecule has 0 aliphatic rings. The molecule has 1 rings (SSSR count). The van der Waals surface area contributed by atoms with Gasteiger partial charge in [-0.3, -0.25) is 0 Å². The van der Waals surface area contributed by atoms with Gasteiger partial charge in [-0.1, -0.05) is 26.8 Å². The van der Waals surface area contributed by atoms with Crippen molar-refractivity contribution in [1.82, 2.24) is 0 Å². The molecule has 0 aromatic heterocycles. The van der Waals surface area contributed by atoms with Gasteiger partial charge in [0.15, 0.2) is 0 Å². The smallest absolute Gasteiger partial charge is 0.121 e. The van der Waals surface area contributed by atoms with Crippen molar-refractivity contribution in [2.24, 2.45) is 5.41 Å². The molecule has 0 heterocycles. The lowest BCUT2D eigenvalue weighted by Crippen LogP contribution is -2.08. The van der Waals surface area contributed by atoms with Crippen molar-refractivity contribution >= 4 is 0 Å². The van der Waals surface area contributed by atoms with Gasteiger partial charge in [-0.2, -0.15) is 0 Å². The third-order valence-corrected chi connectivity index (χ3v) is 2.83. The summed E-state index contributed by atoms with van der Waals surface area (Å²) in [5.74, 6) is 0.0688. The maximum Gasteiger partial charge on any atom is 0.121 e. The van der Waals surface area contributed by atoms with Gasteiger partial charge in [0.2, 0.25) is 0 Å². The highest BCUT2D eigenvalue weighted by Gasteiger charge is 2.15. The molecule has 1 atom stereocenters. The lowest BCUT2D eigenvalue weighted by molar-refractivity contribution is 0.147. The first kappa shape index (κ1) is 14.0. The Hall–Kier alpha value is -1.06. The number of benzene rings is 1. The molecule has 0 amide bonds. The first-order valence-electron chi connectivity index (χ1n) is 5.94. The highest BCUT2D eigenvalue weighted by molar-refractivity contribution is 5.36. The molecule has 0 saturated carbocycles. The summed E-state index contributed by atoms with van der Waals surface area (Å²) < 4.78 is 0. The zero-order valence-corrected chi connectivity index (χ0v) is 10.8. The fraction of sp³-hybridized carbons (Fsp3) is 0.571. The highest BCUT2D eigenvalue weighted by Crippen LogP contribution is 2.29. The normalized spacial score (nSPS) is 13.7. The van der Waals surface area contributed by atoms with Gasteiger partial charge in [0.1, 0.15) is 5.75 Å². The van der Waals surface area contributed by atoms with Crippen LogP contribution in [0, 0.1) is 5.41 Å². The number of aliphatic hydroxyl groups is 2. The molecular weight excluding hydrogens is 216 g/mol. The van der Waals surface area contributed by atoms with Crippen LogP contribution in [0.5, 0.6) is 5.75 Å². The molecule has 3 nitrogen and oxygen atoms in total. The van der Waals surface area contributed by atoms with Crippen LogP contribution in [-0.2, 0) is 6.61 Å². The van der Waals surface area contributed by atoms with E-state index in [1.807, 2.05) is 0 Å². The first-order chi connectivity index (χ1) is 7.83. The lowest BCUT2D eigenvalue weighted by atomic mass is 9.88. The van der Waals surface area contributed by atoms with Crippen LogP contribution in [0.25, 0.3) is 0 Å². The minimum atomic E-state index is -0.542. The third-order valence-electron chi connectivity index (χ3n) is 2.83. The predicted octanol–water partition coefficient (Wildman–Crippen LogP) is 2.74. The van der Waals surface area contributed by atoms with E-state index in [1.165, 1.54) is 6.07 Å². The van der Waals surface area contributed by atoms with Crippen molar-refractivity contribution in [2.45, 2.75) is 46.3 Å². The van der Waals surface area contributed by atoms with Crippen molar-refractivity contribution in [3.63, 3.8) is 0 Å². The Morgan fingerprint density at radius 3 is 2.41 bits per heavy atom. The topological polar surface area (TPSA) is 60.7 Å². The van der Waals surface area contributed by atoms with Crippen LogP contribution in [0.1, 0.15) is 50.8 Å². The summed E-state index contributed by atoms with van der Waals surface area (Å²) in [5.41, 5.74) is 1.39. The average molecular weight is 238 g/mol. The van der Waals surface area contributed by atoms with Crippen molar-refractivity contribution in [2.75, 3.05) is 0 Å². The molecule has 1 aromatic carbocycles. The first-order valence-corrected chi connectivity index (χ1v) is 5.94. The van der Waals surface area contributed by atoms with Gasteiger partial charge in [-0.15, -0.1) is 0 Å². The molecule has 0 radical (unpaired) electrons. The van der Waals surface area contributed by atoms with Gasteiger partial charge >= 0.3 is 0 Å².